The molecule has 2 aromatic heterocycles. The van der Waals surface area contributed by atoms with Crippen molar-refractivity contribution in [2.24, 2.45) is 0 Å². The Morgan fingerprint density at radius 2 is 1.94 bits per heavy atom. The lowest BCUT2D eigenvalue weighted by Crippen LogP contribution is -2.32. The van der Waals surface area contributed by atoms with Gasteiger partial charge in [-0.3, -0.25) is 14.6 Å². The zero-order chi connectivity index (χ0) is 22.3. The first-order valence-electron chi connectivity index (χ1n) is 9.53. The molecule has 31 heavy (non-hydrogen) atoms. The van der Waals surface area contributed by atoms with Crippen molar-refractivity contribution >= 4 is 22.6 Å². The lowest BCUT2D eigenvalue weighted by atomic mass is 10.1. The van der Waals surface area contributed by atoms with E-state index in [1.165, 1.54) is 12.1 Å². The maximum absolute atomic E-state index is 13.7. The van der Waals surface area contributed by atoms with E-state index in [-0.39, 0.29) is 11.9 Å². The molecule has 0 aliphatic carbocycles. The Bertz CT molecular complexity index is 1430. The van der Waals surface area contributed by atoms with Crippen LogP contribution >= 0.6 is 0 Å². The summed E-state index contributed by atoms with van der Waals surface area (Å²) >= 11 is 0. The number of carbonyl (C=O) groups excluding carboxylic acids is 1. The van der Waals surface area contributed by atoms with Gasteiger partial charge in [0, 0.05) is 23.4 Å². The number of aromatic amines is 2. The fourth-order valence-corrected chi connectivity index (χ4v) is 3.38. The molecule has 2 heterocycles. The summed E-state index contributed by atoms with van der Waals surface area (Å²) in [5.41, 5.74) is 1.06. The number of carbonyl (C=O) groups is 1. The summed E-state index contributed by atoms with van der Waals surface area (Å²) in [6.45, 7) is 5.79. The highest BCUT2D eigenvalue weighted by Crippen LogP contribution is 2.31. The van der Waals surface area contributed by atoms with Gasteiger partial charge in [-0.25, -0.2) is 19.3 Å². The number of rotatable bonds is 4. The molecule has 3 N–H and O–H groups in total. The molecule has 158 valence electrons. The molecule has 0 aliphatic rings. The lowest BCUT2D eigenvalue weighted by Gasteiger charge is -2.15. The van der Waals surface area contributed by atoms with Gasteiger partial charge < -0.3 is 9.88 Å². The second-order valence-electron chi connectivity index (χ2n) is 7.37. The number of hydrogen-bond donors (Lipinski definition) is 3. The molecular weight excluding hydrogens is 403 g/mol. The van der Waals surface area contributed by atoms with E-state index >= 15 is 0 Å². The zero-order valence-corrected chi connectivity index (χ0v) is 17.0. The minimum atomic E-state index is -0.890. The van der Waals surface area contributed by atoms with Crippen LogP contribution in [-0.2, 0) is 0 Å². The number of H-pyrrole nitrogens is 2. The SMILES string of the molecule is Cc1ccc(-c2nc3cc(F)ccc3n2C(C)C)cc1NC(=O)c1n[nH]c(=O)[nH]c1=O. The number of anilines is 1. The Balaban J connectivity index is 1.78. The van der Waals surface area contributed by atoms with Crippen LogP contribution in [-0.4, -0.2) is 30.6 Å². The third-order valence-corrected chi connectivity index (χ3v) is 4.84. The van der Waals surface area contributed by atoms with E-state index in [1.54, 1.807) is 25.1 Å². The molecular formula is C21H19FN6O3. The normalized spacial score (nSPS) is 11.3. The highest BCUT2D eigenvalue weighted by molar-refractivity contribution is 6.03. The van der Waals surface area contributed by atoms with Crippen molar-refractivity contribution in [2.75, 3.05) is 5.32 Å². The predicted octanol–water partition coefficient (Wildman–Crippen LogP) is 2.76. The molecule has 0 saturated carbocycles. The summed E-state index contributed by atoms with van der Waals surface area (Å²) < 4.78 is 15.7. The number of aromatic nitrogens is 5. The molecule has 4 rings (SSSR count). The molecule has 0 atom stereocenters. The summed E-state index contributed by atoms with van der Waals surface area (Å²) in [4.78, 5) is 42.1. The lowest BCUT2D eigenvalue weighted by molar-refractivity contribution is 0.101. The zero-order valence-electron chi connectivity index (χ0n) is 17.0. The van der Waals surface area contributed by atoms with Gasteiger partial charge in [-0.1, -0.05) is 12.1 Å². The predicted molar refractivity (Wildman–Crippen MR) is 114 cm³/mol. The molecule has 0 unspecified atom stereocenters. The van der Waals surface area contributed by atoms with Crippen molar-refractivity contribution in [3.8, 4) is 11.4 Å². The van der Waals surface area contributed by atoms with Crippen LogP contribution in [0.4, 0.5) is 10.1 Å². The monoisotopic (exact) mass is 422 g/mol. The van der Waals surface area contributed by atoms with Gasteiger partial charge >= 0.3 is 5.69 Å². The van der Waals surface area contributed by atoms with Crippen LogP contribution in [0.15, 0.2) is 46.0 Å². The number of imidazole rings is 1. The summed E-state index contributed by atoms with van der Waals surface area (Å²) in [5.74, 6) is -0.522. The summed E-state index contributed by atoms with van der Waals surface area (Å²) in [7, 11) is 0. The third-order valence-electron chi connectivity index (χ3n) is 4.84. The number of fused-ring (bicyclic) bond motifs is 1. The van der Waals surface area contributed by atoms with Crippen molar-refractivity contribution in [1.82, 2.24) is 24.7 Å². The molecule has 0 aliphatic heterocycles. The van der Waals surface area contributed by atoms with Crippen LogP contribution in [0.2, 0.25) is 0 Å². The molecule has 0 bridgehead atoms. The van der Waals surface area contributed by atoms with Gasteiger partial charge in [0.2, 0.25) is 5.69 Å². The average Bonchev–Trinajstić information content (AvgIpc) is 3.08. The van der Waals surface area contributed by atoms with E-state index in [0.717, 1.165) is 11.1 Å². The minimum Gasteiger partial charge on any atom is -0.321 e. The van der Waals surface area contributed by atoms with Gasteiger partial charge in [0.25, 0.3) is 11.5 Å². The second-order valence-corrected chi connectivity index (χ2v) is 7.37. The van der Waals surface area contributed by atoms with Crippen LogP contribution in [0.1, 0.15) is 35.9 Å². The first kappa shape index (κ1) is 20.2. The summed E-state index contributed by atoms with van der Waals surface area (Å²) in [6, 6.07) is 9.89. The van der Waals surface area contributed by atoms with Crippen molar-refractivity contribution in [3.05, 3.63) is 74.3 Å². The topological polar surface area (TPSA) is 126 Å². The van der Waals surface area contributed by atoms with Crippen LogP contribution in [0.3, 0.4) is 0 Å². The maximum atomic E-state index is 13.7. The standard InChI is InChI=1S/C21H19FN6O3/c1-10(2)28-16-7-6-13(22)9-15(16)23-18(28)12-5-4-11(3)14(8-12)24-19(29)17-20(30)25-21(31)27-26-17/h4-10H,1-3H3,(H,24,29)(H2,25,27,30,31). The average molecular weight is 422 g/mol. The van der Waals surface area contributed by atoms with Crippen LogP contribution < -0.4 is 16.6 Å². The number of hydrogen-bond acceptors (Lipinski definition) is 5. The molecule has 4 aromatic rings. The van der Waals surface area contributed by atoms with Crippen LogP contribution in [0.25, 0.3) is 22.4 Å². The Hall–Kier alpha value is -4.08. The van der Waals surface area contributed by atoms with Crippen molar-refractivity contribution in [3.63, 3.8) is 0 Å². The van der Waals surface area contributed by atoms with Crippen LogP contribution in [0, 0.1) is 12.7 Å². The van der Waals surface area contributed by atoms with Crippen LogP contribution in [0.5, 0.6) is 0 Å². The molecule has 0 spiro atoms. The second kappa shape index (κ2) is 7.63. The van der Waals surface area contributed by atoms with Crippen molar-refractivity contribution < 1.29 is 9.18 Å². The number of aryl methyl sites for hydroxylation is 1. The molecule has 0 radical (unpaired) electrons. The molecule has 9 nitrogen and oxygen atoms in total. The van der Waals surface area contributed by atoms with Gasteiger partial charge in [0.1, 0.15) is 11.6 Å². The third kappa shape index (κ3) is 3.75. The Kier molecular flexibility index (Phi) is 4.97. The van der Waals surface area contributed by atoms with Gasteiger partial charge in [-0.05, 0) is 44.5 Å². The van der Waals surface area contributed by atoms with E-state index < -0.39 is 22.9 Å². The number of nitrogens with zero attached hydrogens (tertiary/aromatic N) is 3. The highest BCUT2D eigenvalue weighted by Gasteiger charge is 2.18. The summed E-state index contributed by atoms with van der Waals surface area (Å²) in [5, 5.41) is 8.19. The van der Waals surface area contributed by atoms with Gasteiger partial charge in [-0.2, -0.15) is 5.10 Å². The molecule has 2 aromatic carbocycles. The highest BCUT2D eigenvalue weighted by atomic mass is 19.1. The fraction of sp³-hybridized carbons (Fsp3) is 0.190. The number of benzene rings is 2. The first-order valence-corrected chi connectivity index (χ1v) is 9.53. The number of nitrogens with one attached hydrogen (secondary N) is 3. The Morgan fingerprint density at radius 1 is 1.16 bits per heavy atom. The van der Waals surface area contributed by atoms with E-state index in [4.69, 9.17) is 0 Å². The van der Waals surface area contributed by atoms with Gasteiger partial charge in [0.05, 0.1) is 11.0 Å². The summed E-state index contributed by atoms with van der Waals surface area (Å²) in [6.07, 6.45) is 0. The van der Waals surface area contributed by atoms with Gasteiger partial charge in [-0.15, -0.1) is 0 Å². The number of amides is 1. The first-order chi connectivity index (χ1) is 14.7. The molecule has 0 saturated heterocycles. The van der Waals surface area contributed by atoms with Crippen molar-refractivity contribution in [2.45, 2.75) is 26.8 Å². The quantitative estimate of drug-likeness (QED) is 0.466. The Morgan fingerprint density at radius 3 is 2.65 bits per heavy atom. The largest absolute Gasteiger partial charge is 0.342 e. The van der Waals surface area contributed by atoms with Crippen molar-refractivity contribution in [1.29, 1.82) is 0 Å². The van der Waals surface area contributed by atoms with E-state index in [9.17, 15) is 18.8 Å². The minimum absolute atomic E-state index is 0.0497. The van der Waals surface area contributed by atoms with E-state index in [1.807, 2.05) is 34.6 Å². The number of halogens is 1. The maximum Gasteiger partial charge on any atom is 0.342 e. The van der Waals surface area contributed by atoms with Gasteiger partial charge in [0.15, 0.2) is 0 Å². The smallest absolute Gasteiger partial charge is 0.321 e. The molecule has 0 fully saturated rings. The van der Waals surface area contributed by atoms with E-state index in [0.29, 0.717) is 22.6 Å². The Labute approximate surface area is 175 Å². The fourth-order valence-electron chi connectivity index (χ4n) is 3.38. The van der Waals surface area contributed by atoms with E-state index in [2.05, 4.69) is 15.4 Å². The molecule has 10 heteroatoms. The molecule has 1 amide bonds.